The van der Waals surface area contributed by atoms with E-state index in [2.05, 4.69) is 21.6 Å². The zero-order chi connectivity index (χ0) is 19.2. The molecule has 0 unspecified atom stereocenters. The highest BCUT2D eigenvalue weighted by Gasteiger charge is 2.16. The van der Waals surface area contributed by atoms with Gasteiger partial charge >= 0.3 is 0 Å². The van der Waals surface area contributed by atoms with E-state index in [0.717, 1.165) is 17.0 Å². The van der Waals surface area contributed by atoms with Gasteiger partial charge in [0.05, 0.1) is 17.0 Å². The molecule has 0 aliphatic rings. The van der Waals surface area contributed by atoms with E-state index in [1.165, 1.54) is 11.8 Å². The minimum Gasteiger partial charge on any atom is -0.324 e. The number of nitriles is 1. The molecule has 0 aliphatic heterocycles. The number of rotatable bonds is 6. The first-order valence-corrected chi connectivity index (χ1v) is 9.53. The minimum absolute atomic E-state index is 0.186. The van der Waals surface area contributed by atoms with E-state index >= 15 is 0 Å². The second-order valence-electron chi connectivity index (χ2n) is 5.86. The SMILES string of the molecule is CCn1c(SCC(=O)Nc2ccccc2C#N)nnc1-c1ccccc1C. The number of benzene rings is 2. The van der Waals surface area contributed by atoms with Gasteiger partial charge in [-0.25, -0.2) is 0 Å². The summed E-state index contributed by atoms with van der Waals surface area (Å²) >= 11 is 1.33. The Kier molecular flexibility index (Phi) is 5.89. The number of para-hydroxylation sites is 1. The summed E-state index contributed by atoms with van der Waals surface area (Å²) in [6.45, 7) is 4.77. The molecule has 0 spiro atoms. The smallest absolute Gasteiger partial charge is 0.234 e. The van der Waals surface area contributed by atoms with Crippen LogP contribution in [0.3, 0.4) is 0 Å². The molecule has 1 amide bonds. The molecule has 0 radical (unpaired) electrons. The molecule has 3 rings (SSSR count). The lowest BCUT2D eigenvalue weighted by Gasteiger charge is -2.09. The van der Waals surface area contributed by atoms with Crippen LogP contribution in [-0.2, 0) is 11.3 Å². The molecule has 3 aromatic rings. The summed E-state index contributed by atoms with van der Waals surface area (Å²) in [6.07, 6.45) is 0. The third-order valence-electron chi connectivity index (χ3n) is 4.07. The first kappa shape index (κ1) is 18.7. The first-order valence-electron chi connectivity index (χ1n) is 8.55. The second kappa shape index (κ2) is 8.52. The summed E-state index contributed by atoms with van der Waals surface area (Å²) in [4.78, 5) is 12.3. The maximum absolute atomic E-state index is 12.3. The molecular formula is C20H19N5OS. The highest BCUT2D eigenvalue weighted by molar-refractivity contribution is 7.99. The van der Waals surface area contributed by atoms with Crippen molar-refractivity contribution in [3.8, 4) is 17.5 Å². The number of hydrogen-bond acceptors (Lipinski definition) is 5. The Morgan fingerprint density at radius 3 is 2.67 bits per heavy atom. The molecule has 1 aromatic heterocycles. The molecule has 1 N–H and O–H groups in total. The number of anilines is 1. The Hall–Kier alpha value is -3.11. The van der Waals surface area contributed by atoms with Gasteiger partial charge in [0.1, 0.15) is 6.07 Å². The number of carbonyl (C=O) groups is 1. The van der Waals surface area contributed by atoms with E-state index in [-0.39, 0.29) is 11.7 Å². The standard InChI is InChI=1S/C20H19N5OS/c1-3-25-19(16-10-6-4-8-14(16)2)23-24-20(25)27-13-18(26)22-17-11-7-5-9-15(17)12-21/h4-11H,3,13H2,1-2H3,(H,22,26). The Bertz CT molecular complexity index is 1010. The van der Waals surface area contributed by atoms with Crippen molar-refractivity contribution in [3.63, 3.8) is 0 Å². The number of carbonyl (C=O) groups excluding carboxylic acids is 1. The highest BCUT2D eigenvalue weighted by Crippen LogP contribution is 2.26. The average Bonchev–Trinajstić information content (AvgIpc) is 3.10. The number of thioether (sulfide) groups is 1. The summed E-state index contributed by atoms with van der Waals surface area (Å²) < 4.78 is 2.00. The van der Waals surface area contributed by atoms with E-state index in [4.69, 9.17) is 5.26 Å². The maximum atomic E-state index is 12.3. The van der Waals surface area contributed by atoms with E-state index in [9.17, 15) is 4.79 Å². The van der Waals surface area contributed by atoms with Crippen LogP contribution in [0.5, 0.6) is 0 Å². The maximum Gasteiger partial charge on any atom is 0.234 e. The van der Waals surface area contributed by atoms with Crippen LogP contribution in [0.2, 0.25) is 0 Å². The summed E-state index contributed by atoms with van der Waals surface area (Å²) in [5, 5.41) is 21.2. The van der Waals surface area contributed by atoms with Gasteiger partial charge in [-0.3, -0.25) is 4.79 Å². The summed E-state index contributed by atoms with van der Waals surface area (Å²) in [5.74, 6) is 0.796. The van der Waals surface area contributed by atoms with Crippen molar-refractivity contribution in [2.45, 2.75) is 25.5 Å². The molecule has 0 bridgehead atoms. The molecule has 0 saturated carbocycles. The first-order chi connectivity index (χ1) is 13.1. The largest absolute Gasteiger partial charge is 0.324 e. The van der Waals surface area contributed by atoms with Crippen molar-refractivity contribution >= 4 is 23.4 Å². The van der Waals surface area contributed by atoms with Crippen LogP contribution < -0.4 is 5.32 Å². The van der Waals surface area contributed by atoms with Crippen LogP contribution >= 0.6 is 11.8 Å². The second-order valence-corrected chi connectivity index (χ2v) is 6.80. The van der Waals surface area contributed by atoms with E-state index in [0.29, 0.717) is 23.0 Å². The van der Waals surface area contributed by atoms with Crippen molar-refractivity contribution in [1.29, 1.82) is 5.26 Å². The zero-order valence-electron chi connectivity index (χ0n) is 15.1. The molecule has 136 valence electrons. The summed E-state index contributed by atoms with van der Waals surface area (Å²) in [7, 11) is 0. The fourth-order valence-electron chi connectivity index (χ4n) is 2.71. The summed E-state index contributed by atoms with van der Waals surface area (Å²) in [6, 6.07) is 17.0. The molecule has 0 aliphatic carbocycles. The molecule has 0 atom stereocenters. The van der Waals surface area contributed by atoms with Gasteiger partial charge in [-0.05, 0) is 31.5 Å². The molecule has 1 heterocycles. The van der Waals surface area contributed by atoms with Gasteiger partial charge in [0, 0.05) is 12.1 Å². The van der Waals surface area contributed by atoms with Gasteiger partial charge in [-0.1, -0.05) is 48.2 Å². The van der Waals surface area contributed by atoms with Crippen LogP contribution in [0.15, 0.2) is 53.7 Å². The van der Waals surface area contributed by atoms with Gasteiger partial charge < -0.3 is 9.88 Å². The molecule has 2 aromatic carbocycles. The van der Waals surface area contributed by atoms with Gasteiger partial charge in [0.25, 0.3) is 0 Å². The lowest BCUT2D eigenvalue weighted by atomic mass is 10.1. The Morgan fingerprint density at radius 2 is 1.93 bits per heavy atom. The van der Waals surface area contributed by atoms with Crippen LogP contribution in [-0.4, -0.2) is 26.4 Å². The molecule has 0 fully saturated rings. The predicted molar refractivity (Wildman–Crippen MR) is 106 cm³/mol. The number of amides is 1. The van der Waals surface area contributed by atoms with Crippen molar-refractivity contribution in [1.82, 2.24) is 14.8 Å². The fraction of sp³-hybridized carbons (Fsp3) is 0.200. The van der Waals surface area contributed by atoms with Crippen LogP contribution in [0, 0.1) is 18.3 Å². The molecular weight excluding hydrogens is 358 g/mol. The Labute approximate surface area is 162 Å². The lowest BCUT2D eigenvalue weighted by Crippen LogP contribution is -2.15. The molecule has 7 heteroatoms. The molecule has 6 nitrogen and oxygen atoms in total. The van der Waals surface area contributed by atoms with Crippen molar-refractivity contribution in [2.75, 3.05) is 11.1 Å². The van der Waals surface area contributed by atoms with Crippen LogP contribution in [0.1, 0.15) is 18.1 Å². The lowest BCUT2D eigenvalue weighted by molar-refractivity contribution is -0.113. The van der Waals surface area contributed by atoms with E-state index < -0.39 is 0 Å². The van der Waals surface area contributed by atoms with E-state index in [1.54, 1.807) is 24.3 Å². The average molecular weight is 377 g/mol. The molecule has 27 heavy (non-hydrogen) atoms. The topological polar surface area (TPSA) is 83.6 Å². The predicted octanol–water partition coefficient (Wildman–Crippen LogP) is 3.88. The van der Waals surface area contributed by atoms with Crippen molar-refractivity contribution in [3.05, 3.63) is 59.7 Å². The van der Waals surface area contributed by atoms with E-state index in [1.807, 2.05) is 42.7 Å². The number of hydrogen-bond donors (Lipinski definition) is 1. The fourth-order valence-corrected chi connectivity index (χ4v) is 3.51. The quantitative estimate of drug-likeness (QED) is 0.659. The number of aryl methyl sites for hydroxylation is 1. The third kappa shape index (κ3) is 4.18. The zero-order valence-corrected chi connectivity index (χ0v) is 16.0. The van der Waals surface area contributed by atoms with Crippen LogP contribution in [0.25, 0.3) is 11.4 Å². The molecule has 0 saturated heterocycles. The van der Waals surface area contributed by atoms with Gasteiger partial charge in [-0.2, -0.15) is 5.26 Å². The summed E-state index contributed by atoms with van der Waals surface area (Å²) in [5.41, 5.74) is 3.12. The number of aromatic nitrogens is 3. The van der Waals surface area contributed by atoms with Gasteiger partial charge in [0.2, 0.25) is 5.91 Å². The van der Waals surface area contributed by atoms with Crippen LogP contribution in [0.4, 0.5) is 5.69 Å². The van der Waals surface area contributed by atoms with Crippen molar-refractivity contribution < 1.29 is 4.79 Å². The Morgan fingerprint density at radius 1 is 1.19 bits per heavy atom. The normalized spacial score (nSPS) is 10.4. The third-order valence-corrected chi connectivity index (χ3v) is 5.04. The monoisotopic (exact) mass is 377 g/mol. The van der Waals surface area contributed by atoms with Crippen molar-refractivity contribution in [2.24, 2.45) is 0 Å². The minimum atomic E-state index is -0.189. The van der Waals surface area contributed by atoms with Gasteiger partial charge in [0.15, 0.2) is 11.0 Å². The Balaban J connectivity index is 1.72. The number of nitrogens with zero attached hydrogens (tertiary/aromatic N) is 4. The van der Waals surface area contributed by atoms with Gasteiger partial charge in [-0.15, -0.1) is 10.2 Å². The number of nitrogens with one attached hydrogen (secondary N) is 1. The highest BCUT2D eigenvalue weighted by atomic mass is 32.2.